The van der Waals surface area contributed by atoms with Gasteiger partial charge in [0.25, 0.3) is 11.8 Å². The van der Waals surface area contributed by atoms with E-state index in [0.717, 1.165) is 4.90 Å². The molecule has 0 bridgehead atoms. The molecule has 10 nitrogen and oxygen atoms in total. The molecule has 0 radical (unpaired) electrons. The minimum absolute atomic E-state index is 0.0273. The van der Waals surface area contributed by atoms with E-state index in [1.54, 1.807) is 13.0 Å². The highest BCUT2D eigenvalue weighted by molar-refractivity contribution is 6.39. The Kier molecular flexibility index (Phi) is 6.06. The van der Waals surface area contributed by atoms with Crippen molar-refractivity contribution in [1.82, 2.24) is 5.32 Å². The maximum Gasteiger partial charge on any atom is 0.335 e. The predicted molar refractivity (Wildman–Crippen MR) is 115 cm³/mol. The van der Waals surface area contributed by atoms with E-state index in [9.17, 15) is 14.4 Å². The highest BCUT2D eigenvalue weighted by Gasteiger charge is 2.37. The Bertz CT molecular complexity index is 1240. The second-order valence-electron chi connectivity index (χ2n) is 6.71. The number of nitrogens with one attached hydrogen (secondary N) is 1. The zero-order valence-corrected chi connectivity index (χ0v) is 18.0. The summed E-state index contributed by atoms with van der Waals surface area (Å²) in [7, 11) is 0. The van der Waals surface area contributed by atoms with Gasteiger partial charge in [0.1, 0.15) is 11.6 Å². The van der Waals surface area contributed by atoms with Crippen LogP contribution >= 0.6 is 11.6 Å². The first kappa shape index (κ1) is 22.0. The summed E-state index contributed by atoms with van der Waals surface area (Å²) in [5, 5.41) is 11.0. The molecule has 0 unspecified atom stereocenters. The molecule has 4 rings (SSSR count). The van der Waals surface area contributed by atoms with Gasteiger partial charge in [-0.05, 0) is 42.8 Å². The molecule has 11 heteroatoms. The van der Waals surface area contributed by atoms with Crippen LogP contribution in [0.25, 0.3) is 6.08 Å². The van der Waals surface area contributed by atoms with E-state index in [0.29, 0.717) is 17.1 Å². The summed E-state index contributed by atoms with van der Waals surface area (Å²) in [5.74, 6) is -0.440. The fourth-order valence-electron chi connectivity index (χ4n) is 3.26. The first-order valence-electron chi connectivity index (χ1n) is 9.70. The Labute approximate surface area is 192 Å². The number of urea groups is 1. The van der Waals surface area contributed by atoms with Gasteiger partial charge in [-0.3, -0.25) is 14.9 Å². The van der Waals surface area contributed by atoms with Gasteiger partial charge in [-0.25, -0.2) is 9.69 Å². The number of anilines is 1. The first-order valence-corrected chi connectivity index (χ1v) is 10.1. The Morgan fingerprint density at radius 1 is 1.18 bits per heavy atom. The summed E-state index contributed by atoms with van der Waals surface area (Å²) >= 11 is 6.28. The van der Waals surface area contributed by atoms with Crippen LogP contribution in [0.15, 0.2) is 35.9 Å². The third-order valence-electron chi connectivity index (χ3n) is 4.64. The summed E-state index contributed by atoms with van der Waals surface area (Å²) in [5.41, 5.74) is 0.260. The molecular weight excluding hydrogens is 454 g/mol. The SMILES string of the molecule is CCOc1cc(/C=C2\C(=O)NC(=O)N(c3ccc4c(c3)OCO4)C2=O)cc(Cl)c1OCC#N. The van der Waals surface area contributed by atoms with Gasteiger partial charge in [-0.15, -0.1) is 0 Å². The zero-order chi connectivity index (χ0) is 23.5. The van der Waals surface area contributed by atoms with Gasteiger partial charge in [0.2, 0.25) is 6.79 Å². The molecule has 1 saturated heterocycles. The van der Waals surface area contributed by atoms with E-state index >= 15 is 0 Å². The predicted octanol–water partition coefficient (Wildman–Crippen LogP) is 3.04. The van der Waals surface area contributed by atoms with Crippen molar-refractivity contribution < 1.29 is 33.3 Å². The number of amides is 4. The Morgan fingerprint density at radius 2 is 1.97 bits per heavy atom. The molecule has 2 aliphatic rings. The van der Waals surface area contributed by atoms with Gasteiger partial charge in [-0.2, -0.15) is 5.26 Å². The normalized spacial score (nSPS) is 16.0. The molecule has 4 amide bonds. The maximum atomic E-state index is 13.1. The van der Waals surface area contributed by atoms with E-state index in [-0.39, 0.29) is 47.8 Å². The highest BCUT2D eigenvalue weighted by atomic mass is 35.5. The number of carbonyl (C=O) groups is 3. The Morgan fingerprint density at radius 3 is 2.73 bits per heavy atom. The number of rotatable bonds is 6. The number of nitrogens with zero attached hydrogens (tertiary/aromatic N) is 2. The second-order valence-corrected chi connectivity index (χ2v) is 7.11. The van der Waals surface area contributed by atoms with Gasteiger partial charge < -0.3 is 18.9 Å². The molecule has 33 heavy (non-hydrogen) atoms. The van der Waals surface area contributed by atoms with Crippen molar-refractivity contribution in [1.29, 1.82) is 5.26 Å². The molecule has 0 aromatic heterocycles. The molecule has 2 aromatic rings. The Hall–Kier alpha value is -4.23. The number of carbonyl (C=O) groups excluding carboxylic acids is 3. The van der Waals surface area contributed by atoms with E-state index < -0.39 is 17.8 Å². The molecule has 0 atom stereocenters. The molecule has 2 heterocycles. The maximum absolute atomic E-state index is 13.1. The summed E-state index contributed by atoms with van der Waals surface area (Å²) in [4.78, 5) is 38.9. The third-order valence-corrected chi connectivity index (χ3v) is 4.92. The quantitative estimate of drug-likeness (QED) is 0.505. The molecule has 2 aliphatic heterocycles. The lowest BCUT2D eigenvalue weighted by Gasteiger charge is -2.26. The molecule has 0 aliphatic carbocycles. The van der Waals surface area contributed by atoms with Crippen LogP contribution < -0.4 is 29.2 Å². The fourth-order valence-corrected chi connectivity index (χ4v) is 3.54. The van der Waals surface area contributed by atoms with Crippen molar-refractivity contribution in [3.63, 3.8) is 0 Å². The molecule has 168 valence electrons. The van der Waals surface area contributed by atoms with Gasteiger partial charge >= 0.3 is 6.03 Å². The number of fused-ring (bicyclic) bond motifs is 1. The molecule has 0 saturated carbocycles. The number of benzene rings is 2. The van der Waals surface area contributed by atoms with Crippen LogP contribution in [-0.4, -0.2) is 37.9 Å². The summed E-state index contributed by atoms with van der Waals surface area (Å²) < 4.78 is 21.4. The van der Waals surface area contributed by atoms with Gasteiger partial charge in [-0.1, -0.05) is 11.6 Å². The van der Waals surface area contributed by atoms with Crippen molar-refractivity contribution in [2.24, 2.45) is 0 Å². The average Bonchev–Trinajstić information content (AvgIpc) is 3.24. The van der Waals surface area contributed by atoms with Crippen molar-refractivity contribution in [2.45, 2.75) is 6.92 Å². The fraction of sp³-hybridized carbons (Fsp3) is 0.182. The van der Waals surface area contributed by atoms with E-state index in [2.05, 4.69) is 5.32 Å². The topological polar surface area (TPSA) is 127 Å². The van der Waals surface area contributed by atoms with Crippen LogP contribution in [0, 0.1) is 11.3 Å². The first-order chi connectivity index (χ1) is 15.9. The van der Waals surface area contributed by atoms with E-state index in [1.807, 2.05) is 6.07 Å². The van der Waals surface area contributed by atoms with Crippen LogP contribution in [0.5, 0.6) is 23.0 Å². The number of barbiturate groups is 1. The monoisotopic (exact) mass is 469 g/mol. The van der Waals surface area contributed by atoms with Crippen molar-refractivity contribution in [2.75, 3.05) is 24.9 Å². The second kappa shape index (κ2) is 9.10. The molecule has 1 fully saturated rings. The number of imide groups is 2. The number of hydrogen-bond donors (Lipinski definition) is 1. The van der Waals surface area contributed by atoms with Crippen LogP contribution in [0.2, 0.25) is 5.02 Å². The summed E-state index contributed by atoms with van der Waals surface area (Å²) in [6.45, 7) is 1.82. The van der Waals surface area contributed by atoms with Crippen molar-refractivity contribution in [3.8, 4) is 29.1 Å². The zero-order valence-electron chi connectivity index (χ0n) is 17.2. The average molecular weight is 470 g/mol. The summed E-state index contributed by atoms with van der Waals surface area (Å²) in [6, 6.07) is 8.45. The largest absolute Gasteiger partial charge is 0.490 e. The smallest absolute Gasteiger partial charge is 0.335 e. The van der Waals surface area contributed by atoms with Gasteiger partial charge in [0.05, 0.1) is 17.3 Å². The van der Waals surface area contributed by atoms with Crippen molar-refractivity contribution >= 4 is 41.2 Å². The summed E-state index contributed by atoms with van der Waals surface area (Å²) in [6.07, 6.45) is 1.28. The van der Waals surface area contributed by atoms with Gasteiger partial charge in [0.15, 0.2) is 29.6 Å². The number of hydrogen-bond acceptors (Lipinski definition) is 8. The van der Waals surface area contributed by atoms with Crippen LogP contribution in [0.4, 0.5) is 10.5 Å². The number of halogens is 1. The van der Waals surface area contributed by atoms with Gasteiger partial charge in [0, 0.05) is 6.07 Å². The number of ether oxygens (including phenoxy) is 4. The van der Waals surface area contributed by atoms with E-state index in [4.69, 9.17) is 35.8 Å². The van der Waals surface area contributed by atoms with Crippen LogP contribution in [-0.2, 0) is 9.59 Å². The number of nitriles is 1. The molecule has 1 N–H and O–H groups in total. The third kappa shape index (κ3) is 4.26. The van der Waals surface area contributed by atoms with E-state index in [1.165, 1.54) is 30.3 Å². The lowest BCUT2D eigenvalue weighted by molar-refractivity contribution is -0.122. The lowest BCUT2D eigenvalue weighted by Crippen LogP contribution is -2.54. The molecule has 0 spiro atoms. The minimum atomic E-state index is -0.894. The van der Waals surface area contributed by atoms with Crippen LogP contribution in [0.3, 0.4) is 0 Å². The van der Waals surface area contributed by atoms with Crippen molar-refractivity contribution in [3.05, 3.63) is 46.5 Å². The molecule has 2 aromatic carbocycles. The lowest BCUT2D eigenvalue weighted by atomic mass is 10.1. The standard InChI is InChI=1S/C22H16ClN3O7/c1-2-30-18-9-12(8-15(23)19(18)31-6-5-24)7-14-20(27)25-22(29)26(21(14)28)13-3-4-16-17(10-13)33-11-32-16/h3-4,7-10H,2,6,11H2,1H3,(H,25,27,29)/b14-7+. The Balaban J connectivity index is 1.71. The minimum Gasteiger partial charge on any atom is -0.490 e. The van der Waals surface area contributed by atoms with Crippen LogP contribution in [0.1, 0.15) is 12.5 Å². The highest BCUT2D eigenvalue weighted by Crippen LogP contribution is 2.38. The molecular formula is C22H16ClN3O7.